The largest absolute Gasteiger partial charge is 0.493 e. The lowest BCUT2D eigenvalue weighted by molar-refractivity contribution is 0.0691. The smallest absolute Gasteiger partial charge is 0.339 e. The second-order valence-electron chi connectivity index (χ2n) is 4.38. The molecule has 0 amide bonds. The molecule has 92 valence electrons. The molecule has 3 nitrogen and oxygen atoms in total. The molecule has 17 heavy (non-hydrogen) atoms. The van der Waals surface area contributed by atoms with Gasteiger partial charge in [0.05, 0.1) is 6.61 Å². The number of aromatic carboxylic acids is 1. The summed E-state index contributed by atoms with van der Waals surface area (Å²) in [4.78, 5) is 11.0. The molecule has 0 radical (unpaired) electrons. The molecule has 0 heterocycles. The highest BCUT2D eigenvalue weighted by molar-refractivity contribution is 9.10. The molecular weight excluding hydrogens is 284 g/mol. The van der Waals surface area contributed by atoms with E-state index in [-0.39, 0.29) is 5.56 Å². The highest BCUT2D eigenvalue weighted by Gasteiger charge is 2.18. The van der Waals surface area contributed by atoms with Crippen molar-refractivity contribution in [2.75, 3.05) is 6.61 Å². The standard InChI is InChI=1S/C13H15BrO3/c14-10-4-5-11(13(15)16)12(8-10)17-7-6-9-2-1-3-9/h4-5,8-9H,1-3,6-7H2,(H,15,16). The van der Waals surface area contributed by atoms with E-state index >= 15 is 0 Å². The second-order valence-corrected chi connectivity index (χ2v) is 5.30. The Bertz CT molecular complexity index is 413. The first-order chi connectivity index (χ1) is 8.16. The van der Waals surface area contributed by atoms with Crippen LogP contribution in [0.1, 0.15) is 36.0 Å². The maximum Gasteiger partial charge on any atom is 0.339 e. The van der Waals surface area contributed by atoms with Gasteiger partial charge in [0, 0.05) is 4.47 Å². The molecule has 0 bridgehead atoms. The Morgan fingerprint density at radius 1 is 1.47 bits per heavy atom. The van der Waals surface area contributed by atoms with Crippen LogP contribution in [0.25, 0.3) is 0 Å². The van der Waals surface area contributed by atoms with Crippen molar-refractivity contribution in [3.63, 3.8) is 0 Å². The molecule has 2 rings (SSSR count). The molecular formula is C13H15BrO3. The first-order valence-electron chi connectivity index (χ1n) is 5.82. The quantitative estimate of drug-likeness (QED) is 0.901. The fourth-order valence-electron chi connectivity index (χ4n) is 1.91. The zero-order valence-electron chi connectivity index (χ0n) is 9.49. The number of rotatable bonds is 5. The van der Waals surface area contributed by atoms with Crippen LogP contribution in [0.2, 0.25) is 0 Å². The van der Waals surface area contributed by atoms with Gasteiger partial charge in [-0.25, -0.2) is 4.79 Å². The fourth-order valence-corrected chi connectivity index (χ4v) is 2.25. The van der Waals surface area contributed by atoms with Gasteiger partial charge in [-0.2, -0.15) is 0 Å². The molecule has 4 heteroatoms. The summed E-state index contributed by atoms with van der Waals surface area (Å²) < 4.78 is 6.41. The van der Waals surface area contributed by atoms with Crippen LogP contribution >= 0.6 is 15.9 Å². The van der Waals surface area contributed by atoms with Gasteiger partial charge in [0.1, 0.15) is 11.3 Å². The van der Waals surface area contributed by atoms with Crippen molar-refractivity contribution in [1.29, 1.82) is 0 Å². The average molecular weight is 299 g/mol. The predicted molar refractivity (Wildman–Crippen MR) is 68.6 cm³/mol. The Morgan fingerprint density at radius 2 is 2.24 bits per heavy atom. The zero-order valence-corrected chi connectivity index (χ0v) is 11.1. The van der Waals surface area contributed by atoms with Crippen molar-refractivity contribution < 1.29 is 14.6 Å². The molecule has 1 aliphatic rings. The van der Waals surface area contributed by atoms with Crippen LogP contribution in [0, 0.1) is 5.92 Å². The van der Waals surface area contributed by atoms with Crippen LogP contribution in [0.4, 0.5) is 0 Å². The van der Waals surface area contributed by atoms with Gasteiger partial charge in [0.25, 0.3) is 0 Å². The summed E-state index contributed by atoms with van der Waals surface area (Å²) in [6, 6.07) is 4.98. The summed E-state index contributed by atoms with van der Waals surface area (Å²) in [5, 5.41) is 9.03. The number of benzene rings is 1. The van der Waals surface area contributed by atoms with E-state index in [1.165, 1.54) is 19.3 Å². The monoisotopic (exact) mass is 298 g/mol. The molecule has 0 atom stereocenters. The van der Waals surface area contributed by atoms with Crippen LogP contribution < -0.4 is 4.74 Å². The summed E-state index contributed by atoms with van der Waals surface area (Å²) in [5.74, 6) is 0.276. The number of hydrogen-bond acceptors (Lipinski definition) is 2. The van der Waals surface area contributed by atoms with Gasteiger partial charge < -0.3 is 9.84 Å². The Morgan fingerprint density at radius 3 is 2.82 bits per heavy atom. The van der Waals surface area contributed by atoms with Crippen molar-refractivity contribution >= 4 is 21.9 Å². The van der Waals surface area contributed by atoms with E-state index in [2.05, 4.69) is 15.9 Å². The minimum Gasteiger partial charge on any atom is -0.493 e. The summed E-state index contributed by atoms with van der Waals surface area (Å²) in [6.45, 7) is 0.599. The van der Waals surface area contributed by atoms with Gasteiger partial charge in [-0.1, -0.05) is 35.2 Å². The zero-order chi connectivity index (χ0) is 12.3. The molecule has 0 aliphatic heterocycles. The SMILES string of the molecule is O=C(O)c1ccc(Br)cc1OCCC1CCC1. The van der Waals surface area contributed by atoms with Crippen LogP contribution in [-0.4, -0.2) is 17.7 Å². The van der Waals surface area contributed by atoms with E-state index in [9.17, 15) is 4.79 Å². The van der Waals surface area contributed by atoms with E-state index < -0.39 is 5.97 Å². The summed E-state index contributed by atoms with van der Waals surface area (Å²) in [5.41, 5.74) is 0.224. The molecule has 1 fully saturated rings. The Balaban J connectivity index is 1.97. The summed E-state index contributed by atoms with van der Waals surface area (Å²) in [7, 11) is 0. The molecule has 1 aromatic rings. The van der Waals surface area contributed by atoms with Crippen molar-refractivity contribution in [1.82, 2.24) is 0 Å². The third-order valence-electron chi connectivity index (χ3n) is 3.18. The molecule has 0 saturated heterocycles. The average Bonchev–Trinajstić information content (AvgIpc) is 2.21. The number of carboxylic acids is 1. The topological polar surface area (TPSA) is 46.5 Å². The van der Waals surface area contributed by atoms with Gasteiger partial charge >= 0.3 is 5.97 Å². The molecule has 1 aromatic carbocycles. The maximum atomic E-state index is 11.0. The van der Waals surface area contributed by atoms with Crippen molar-refractivity contribution in [3.8, 4) is 5.75 Å². The van der Waals surface area contributed by atoms with Crippen LogP contribution in [0.5, 0.6) is 5.75 Å². The normalized spacial score (nSPS) is 15.4. The summed E-state index contributed by atoms with van der Waals surface area (Å²) in [6.07, 6.45) is 4.91. The van der Waals surface area contributed by atoms with Crippen LogP contribution in [0.3, 0.4) is 0 Å². The third kappa shape index (κ3) is 3.22. The predicted octanol–water partition coefficient (Wildman–Crippen LogP) is 3.72. The van der Waals surface area contributed by atoms with E-state index in [1.807, 2.05) is 0 Å². The van der Waals surface area contributed by atoms with Crippen molar-refractivity contribution in [2.45, 2.75) is 25.7 Å². The highest BCUT2D eigenvalue weighted by Crippen LogP contribution is 2.30. The maximum absolute atomic E-state index is 11.0. The minimum atomic E-state index is -0.948. The van der Waals surface area contributed by atoms with Crippen molar-refractivity contribution in [2.24, 2.45) is 5.92 Å². The number of carboxylic acid groups (broad SMARTS) is 1. The van der Waals surface area contributed by atoms with Gasteiger partial charge in [-0.3, -0.25) is 0 Å². The Hall–Kier alpha value is -1.03. The fraction of sp³-hybridized carbons (Fsp3) is 0.462. The minimum absolute atomic E-state index is 0.224. The molecule has 0 aromatic heterocycles. The van der Waals surface area contributed by atoms with E-state index in [1.54, 1.807) is 18.2 Å². The second kappa shape index (κ2) is 5.54. The van der Waals surface area contributed by atoms with E-state index in [4.69, 9.17) is 9.84 Å². The Labute approximate surface area is 109 Å². The first-order valence-corrected chi connectivity index (χ1v) is 6.62. The van der Waals surface area contributed by atoms with E-state index in [0.717, 1.165) is 16.8 Å². The molecule has 1 aliphatic carbocycles. The number of ether oxygens (including phenoxy) is 1. The molecule has 0 unspecified atom stereocenters. The highest BCUT2D eigenvalue weighted by atomic mass is 79.9. The Kier molecular flexibility index (Phi) is 4.05. The molecule has 1 N–H and O–H groups in total. The lowest BCUT2D eigenvalue weighted by Gasteiger charge is -2.25. The lowest BCUT2D eigenvalue weighted by atomic mass is 9.83. The van der Waals surface area contributed by atoms with Crippen LogP contribution in [0.15, 0.2) is 22.7 Å². The molecule has 0 spiro atoms. The van der Waals surface area contributed by atoms with Crippen molar-refractivity contribution in [3.05, 3.63) is 28.2 Å². The third-order valence-corrected chi connectivity index (χ3v) is 3.68. The van der Waals surface area contributed by atoms with Gasteiger partial charge in [0.2, 0.25) is 0 Å². The van der Waals surface area contributed by atoms with Gasteiger partial charge in [0.15, 0.2) is 0 Å². The summed E-state index contributed by atoms with van der Waals surface area (Å²) >= 11 is 3.32. The van der Waals surface area contributed by atoms with Gasteiger partial charge in [-0.15, -0.1) is 0 Å². The number of carbonyl (C=O) groups is 1. The number of halogens is 1. The number of hydrogen-bond donors (Lipinski definition) is 1. The lowest BCUT2D eigenvalue weighted by Crippen LogP contribution is -2.15. The molecule has 1 saturated carbocycles. The first kappa shape index (κ1) is 12.4. The van der Waals surface area contributed by atoms with E-state index in [0.29, 0.717) is 12.4 Å². The van der Waals surface area contributed by atoms with Gasteiger partial charge in [-0.05, 0) is 30.5 Å². The van der Waals surface area contributed by atoms with Crippen LogP contribution in [-0.2, 0) is 0 Å².